The van der Waals surface area contributed by atoms with Crippen LogP contribution in [0.15, 0.2) is 23.6 Å². The van der Waals surface area contributed by atoms with Crippen LogP contribution < -0.4 is 5.32 Å². The molecule has 9 heteroatoms. The van der Waals surface area contributed by atoms with Crippen molar-refractivity contribution in [2.45, 2.75) is 47.2 Å². The van der Waals surface area contributed by atoms with Crippen LogP contribution in [0.5, 0.6) is 0 Å². The molecule has 0 radical (unpaired) electrons. The van der Waals surface area contributed by atoms with Gasteiger partial charge in [0.1, 0.15) is 10.7 Å². The van der Waals surface area contributed by atoms with E-state index in [-0.39, 0.29) is 23.9 Å². The SMILES string of the molecule is CC(=O)N1CCN(C(=O)c2csc(CN(C(=O)Nc3c(C)cccc3C)C(C)C)n2)CC1. The van der Waals surface area contributed by atoms with Gasteiger partial charge in [-0.1, -0.05) is 18.2 Å². The molecule has 1 aliphatic heterocycles. The third-order valence-corrected chi connectivity index (χ3v) is 6.52. The minimum absolute atomic E-state index is 0.0287. The second-order valence-electron chi connectivity index (χ2n) is 8.34. The van der Waals surface area contributed by atoms with Crippen molar-refractivity contribution in [1.29, 1.82) is 0 Å². The van der Waals surface area contributed by atoms with E-state index in [1.807, 2.05) is 45.9 Å². The molecule has 0 atom stereocenters. The number of aryl methyl sites for hydroxylation is 2. The number of amides is 4. The van der Waals surface area contributed by atoms with E-state index < -0.39 is 0 Å². The normalized spacial score (nSPS) is 13.9. The molecule has 172 valence electrons. The van der Waals surface area contributed by atoms with Crippen molar-refractivity contribution in [2.24, 2.45) is 0 Å². The van der Waals surface area contributed by atoms with E-state index in [1.54, 1.807) is 27.0 Å². The highest BCUT2D eigenvalue weighted by atomic mass is 32.1. The lowest BCUT2D eigenvalue weighted by molar-refractivity contribution is -0.130. The fraction of sp³-hybridized carbons (Fsp3) is 0.478. The third-order valence-electron chi connectivity index (χ3n) is 5.69. The highest BCUT2D eigenvalue weighted by Crippen LogP contribution is 2.22. The van der Waals surface area contributed by atoms with Gasteiger partial charge in [0.25, 0.3) is 5.91 Å². The number of carbonyl (C=O) groups is 3. The number of para-hydroxylation sites is 1. The highest BCUT2D eigenvalue weighted by Gasteiger charge is 2.26. The van der Waals surface area contributed by atoms with Crippen molar-refractivity contribution in [3.63, 3.8) is 0 Å². The van der Waals surface area contributed by atoms with Gasteiger partial charge in [0.2, 0.25) is 5.91 Å². The molecule has 1 N–H and O–H groups in total. The number of thiazole rings is 1. The van der Waals surface area contributed by atoms with Gasteiger partial charge in [0.05, 0.1) is 6.54 Å². The molecule has 1 aliphatic rings. The number of benzene rings is 1. The molecule has 0 aliphatic carbocycles. The molecule has 1 aromatic carbocycles. The molecule has 0 saturated carbocycles. The summed E-state index contributed by atoms with van der Waals surface area (Å²) >= 11 is 1.38. The van der Waals surface area contributed by atoms with Crippen molar-refractivity contribution >= 4 is 34.9 Å². The van der Waals surface area contributed by atoms with Gasteiger partial charge in [-0.15, -0.1) is 11.3 Å². The van der Waals surface area contributed by atoms with Gasteiger partial charge in [0, 0.05) is 50.2 Å². The van der Waals surface area contributed by atoms with Crippen molar-refractivity contribution in [1.82, 2.24) is 19.7 Å². The Morgan fingerprint density at radius 1 is 1.09 bits per heavy atom. The first-order valence-electron chi connectivity index (χ1n) is 10.8. The Hall–Kier alpha value is -2.94. The first-order valence-corrected chi connectivity index (χ1v) is 11.7. The summed E-state index contributed by atoms with van der Waals surface area (Å²) in [6.07, 6.45) is 0. The van der Waals surface area contributed by atoms with Crippen molar-refractivity contribution < 1.29 is 14.4 Å². The number of anilines is 1. The summed E-state index contributed by atoms with van der Waals surface area (Å²) in [5.74, 6) is -0.104. The molecule has 1 saturated heterocycles. The number of hydrogen-bond donors (Lipinski definition) is 1. The second kappa shape index (κ2) is 10.1. The van der Waals surface area contributed by atoms with Crippen molar-refractivity contribution in [3.05, 3.63) is 45.4 Å². The van der Waals surface area contributed by atoms with Crippen LogP contribution in [0.4, 0.5) is 10.5 Å². The molecule has 8 nitrogen and oxygen atoms in total. The van der Waals surface area contributed by atoms with E-state index in [9.17, 15) is 14.4 Å². The Morgan fingerprint density at radius 3 is 2.25 bits per heavy atom. The predicted octanol–water partition coefficient (Wildman–Crippen LogP) is 3.51. The number of aromatic nitrogens is 1. The van der Waals surface area contributed by atoms with Gasteiger partial charge < -0.3 is 20.0 Å². The molecule has 32 heavy (non-hydrogen) atoms. The van der Waals surface area contributed by atoms with E-state index in [1.165, 1.54) is 11.3 Å². The summed E-state index contributed by atoms with van der Waals surface area (Å²) in [5.41, 5.74) is 3.23. The minimum Gasteiger partial charge on any atom is -0.339 e. The van der Waals surface area contributed by atoms with Gasteiger partial charge >= 0.3 is 6.03 Å². The summed E-state index contributed by atoms with van der Waals surface area (Å²) in [5, 5.41) is 5.49. The average Bonchev–Trinajstić information content (AvgIpc) is 3.22. The molecule has 1 fully saturated rings. The standard InChI is InChI=1S/C23H31N5O3S/c1-15(2)28(23(31)25-21-16(3)7-6-8-17(21)4)13-20-24-19(14-32-20)22(30)27-11-9-26(10-12-27)18(5)29/h6-8,14-15H,9-13H2,1-5H3,(H,25,31). The molecule has 0 bridgehead atoms. The number of urea groups is 1. The largest absolute Gasteiger partial charge is 0.339 e. The number of nitrogens with one attached hydrogen (secondary N) is 1. The average molecular weight is 458 g/mol. The first kappa shape index (κ1) is 23.7. The number of hydrogen-bond acceptors (Lipinski definition) is 5. The highest BCUT2D eigenvalue weighted by molar-refractivity contribution is 7.09. The monoisotopic (exact) mass is 457 g/mol. The number of piperazine rings is 1. The predicted molar refractivity (Wildman–Crippen MR) is 126 cm³/mol. The topological polar surface area (TPSA) is 85.9 Å². The van der Waals surface area contributed by atoms with Crippen LogP contribution in [0.2, 0.25) is 0 Å². The lowest BCUT2D eigenvalue weighted by Crippen LogP contribution is -2.50. The lowest BCUT2D eigenvalue weighted by Gasteiger charge is -2.33. The van der Waals surface area contributed by atoms with Gasteiger partial charge in [-0.05, 0) is 38.8 Å². The molecular weight excluding hydrogens is 426 g/mol. The van der Waals surface area contributed by atoms with Crippen LogP contribution in [0.3, 0.4) is 0 Å². The lowest BCUT2D eigenvalue weighted by atomic mass is 10.1. The molecule has 2 heterocycles. The van der Waals surface area contributed by atoms with Crippen LogP contribution in [0.1, 0.15) is 47.4 Å². The van der Waals surface area contributed by atoms with Gasteiger partial charge in [0.15, 0.2) is 0 Å². The molecule has 1 aromatic heterocycles. The maximum atomic E-state index is 13.0. The summed E-state index contributed by atoms with van der Waals surface area (Å²) < 4.78 is 0. The van der Waals surface area contributed by atoms with Gasteiger partial charge in [-0.25, -0.2) is 9.78 Å². The molecule has 2 aromatic rings. The van der Waals surface area contributed by atoms with Crippen LogP contribution >= 0.6 is 11.3 Å². The van der Waals surface area contributed by atoms with Crippen molar-refractivity contribution in [2.75, 3.05) is 31.5 Å². The van der Waals surface area contributed by atoms with E-state index in [0.717, 1.165) is 16.8 Å². The molecule has 4 amide bonds. The Bertz CT molecular complexity index is 975. The zero-order valence-electron chi connectivity index (χ0n) is 19.3. The molecular formula is C23H31N5O3S. The van der Waals surface area contributed by atoms with E-state index in [0.29, 0.717) is 43.4 Å². The molecule has 3 rings (SSSR count). The third kappa shape index (κ3) is 5.45. The molecule has 0 unspecified atom stereocenters. The van der Waals surface area contributed by atoms with Crippen molar-refractivity contribution in [3.8, 4) is 0 Å². The number of nitrogens with zero attached hydrogens (tertiary/aromatic N) is 4. The zero-order chi connectivity index (χ0) is 23.4. The Kier molecular flexibility index (Phi) is 7.50. The van der Waals surface area contributed by atoms with Crippen LogP contribution in [-0.4, -0.2) is 69.8 Å². The summed E-state index contributed by atoms with van der Waals surface area (Å²) in [6, 6.07) is 5.67. The van der Waals surface area contributed by atoms with Gasteiger partial charge in [-0.2, -0.15) is 0 Å². The second-order valence-corrected chi connectivity index (χ2v) is 9.29. The number of rotatable bonds is 5. The van der Waals surface area contributed by atoms with Crippen LogP contribution in [0, 0.1) is 13.8 Å². The maximum Gasteiger partial charge on any atom is 0.322 e. The summed E-state index contributed by atoms with van der Waals surface area (Å²) in [4.78, 5) is 47.0. The Morgan fingerprint density at radius 2 is 1.69 bits per heavy atom. The van der Waals surface area contributed by atoms with E-state index >= 15 is 0 Å². The fourth-order valence-electron chi connectivity index (χ4n) is 3.69. The Labute approximate surface area is 193 Å². The molecule has 0 spiro atoms. The minimum atomic E-state index is -0.194. The number of carbonyl (C=O) groups excluding carboxylic acids is 3. The smallest absolute Gasteiger partial charge is 0.322 e. The fourth-order valence-corrected chi connectivity index (χ4v) is 4.46. The maximum absolute atomic E-state index is 13.0. The zero-order valence-corrected chi connectivity index (χ0v) is 20.2. The summed E-state index contributed by atoms with van der Waals surface area (Å²) in [6.45, 7) is 11.8. The van der Waals surface area contributed by atoms with E-state index in [4.69, 9.17) is 0 Å². The Balaban J connectivity index is 1.66. The van der Waals surface area contributed by atoms with Gasteiger partial charge in [-0.3, -0.25) is 9.59 Å². The summed E-state index contributed by atoms with van der Waals surface area (Å²) in [7, 11) is 0. The van der Waals surface area contributed by atoms with Crippen LogP contribution in [0.25, 0.3) is 0 Å². The van der Waals surface area contributed by atoms with Crippen LogP contribution in [-0.2, 0) is 11.3 Å². The quantitative estimate of drug-likeness (QED) is 0.745. The first-order chi connectivity index (χ1) is 15.2. The van der Waals surface area contributed by atoms with E-state index in [2.05, 4.69) is 10.3 Å².